The second-order valence-corrected chi connectivity index (χ2v) is 9.50. The zero-order valence-electron chi connectivity index (χ0n) is 18.9. The van der Waals surface area contributed by atoms with E-state index in [0.717, 1.165) is 22.3 Å². The molecule has 8 nitrogen and oxygen atoms in total. The Morgan fingerprint density at radius 3 is 1.81 bits per heavy atom. The number of carbonyl (C=O) groups excluding carboxylic acids is 2. The Morgan fingerprint density at radius 1 is 0.812 bits per heavy atom. The highest BCUT2D eigenvalue weighted by atomic mass is 32.2. The third kappa shape index (κ3) is 8.58. The number of hydrogen-bond acceptors (Lipinski definition) is 6. The molecule has 0 heterocycles. The van der Waals surface area contributed by atoms with Gasteiger partial charge >= 0.3 is 0 Å². The molecule has 0 spiro atoms. The van der Waals surface area contributed by atoms with Crippen LogP contribution in [0.1, 0.15) is 28.7 Å². The van der Waals surface area contributed by atoms with Gasteiger partial charge in [-0.2, -0.15) is 0 Å². The maximum absolute atomic E-state index is 12.1. The fourth-order valence-corrected chi connectivity index (χ4v) is 4.04. The smallest absolute Gasteiger partial charge is 0.271 e. The first-order chi connectivity index (χ1) is 15.1. The van der Waals surface area contributed by atoms with Gasteiger partial charge in [0.1, 0.15) is 11.5 Å². The summed E-state index contributed by atoms with van der Waals surface area (Å²) in [5, 5.41) is 2.60. The summed E-state index contributed by atoms with van der Waals surface area (Å²) in [5.41, 5.74) is 3.95. The van der Waals surface area contributed by atoms with Crippen molar-refractivity contribution in [1.82, 2.24) is 10.0 Å². The number of nitrogens with one attached hydrogen (secondary N) is 2. The molecule has 0 atom stereocenters. The summed E-state index contributed by atoms with van der Waals surface area (Å²) in [5.74, 6) is -0.266. The van der Waals surface area contributed by atoms with Gasteiger partial charge in [0, 0.05) is 6.54 Å². The van der Waals surface area contributed by atoms with Crippen LogP contribution >= 0.6 is 0 Å². The summed E-state index contributed by atoms with van der Waals surface area (Å²) in [6.07, 6.45) is 0.149. The topological polar surface area (TPSA) is 111 Å². The van der Waals surface area contributed by atoms with Crippen LogP contribution in [0.2, 0.25) is 0 Å². The van der Waals surface area contributed by atoms with E-state index in [2.05, 4.69) is 5.32 Å². The van der Waals surface area contributed by atoms with Crippen molar-refractivity contribution in [3.8, 4) is 11.5 Å². The van der Waals surface area contributed by atoms with Crippen LogP contribution in [0.15, 0.2) is 36.4 Å². The molecule has 0 aliphatic carbocycles. The maximum Gasteiger partial charge on any atom is 0.271 e. The van der Waals surface area contributed by atoms with E-state index in [1.54, 1.807) is 12.1 Å². The van der Waals surface area contributed by atoms with Crippen molar-refractivity contribution in [2.24, 2.45) is 0 Å². The van der Waals surface area contributed by atoms with Gasteiger partial charge in [-0.1, -0.05) is 35.4 Å². The maximum atomic E-state index is 12.1. The molecular weight excluding hydrogens is 432 g/mol. The lowest BCUT2D eigenvalue weighted by Crippen LogP contribution is -2.37. The minimum Gasteiger partial charge on any atom is -0.484 e. The zero-order chi connectivity index (χ0) is 23.7. The van der Waals surface area contributed by atoms with Crippen LogP contribution in [-0.2, 0) is 19.6 Å². The van der Waals surface area contributed by atoms with E-state index in [4.69, 9.17) is 9.47 Å². The quantitative estimate of drug-likeness (QED) is 0.496. The Morgan fingerprint density at radius 2 is 1.31 bits per heavy atom. The number of ether oxygens (including phenoxy) is 2. The number of aryl methyl sites for hydroxylation is 4. The Balaban J connectivity index is 1.66. The highest BCUT2D eigenvalue weighted by Gasteiger charge is 2.15. The molecule has 0 unspecified atom stereocenters. The van der Waals surface area contributed by atoms with Gasteiger partial charge in [-0.3, -0.25) is 14.3 Å². The lowest BCUT2D eigenvalue weighted by molar-refractivity contribution is -0.123. The fraction of sp³-hybridized carbons (Fsp3) is 0.391. The second-order valence-electron chi connectivity index (χ2n) is 7.66. The molecule has 0 saturated heterocycles. The van der Waals surface area contributed by atoms with E-state index in [-0.39, 0.29) is 31.2 Å². The first-order valence-electron chi connectivity index (χ1n) is 10.3. The summed E-state index contributed by atoms with van der Waals surface area (Å²) >= 11 is 0. The summed E-state index contributed by atoms with van der Waals surface area (Å²) in [6.45, 7) is 7.22. The number of amides is 2. The molecule has 0 saturated carbocycles. The van der Waals surface area contributed by atoms with Crippen molar-refractivity contribution in [3.05, 3.63) is 58.7 Å². The zero-order valence-corrected chi connectivity index (χ0v) is 19.7. The molecular formula is C23H30N2O6S. The summed E-state index contributed by atoms with van der Waals surface area (Å²) in [7, 11) is -3.83. The van der Waals surface area contributed by atoms with Crippen LogP contribution in [0, 0.1) is 27.7 Å². The van der Waals surface area contributed by atoms with Crippen LogP contribution in [-0.4, -0.2) is 45.7 Å². The van der Waals surface area contributed by atoms with Crippen LogP contribution in [0.25, 0.3) is 0 Å². The van der Waals surface area contributed by atoms with Crippen molar-refractivity contribution in [3.63, 3.8) is 0 Å². The van der Waals surface area contributed by atoms with Gasteiger partial charge in [-0.05, 0) is 57.4 Å². The Kier molecular flexibility index (Phi) is 9.07. The van der Waals surface area contributed by atoms with Gasteiger partial charge in [-0.15, -0.1) is 0 Å². The number of sulfonamides is 1. The Labute approximate surface area is 189 Å². The molecule has 0 radical (unpaired) electrons. The van der Waals surface area contributed by atoms with Crippen molar-refractivity contribution in [2.75, 3.05) is 25.5 Å². The molecule has 0 bridgehead atoms. The third-order valence-corrected chi connectivity index (χ3v) is 5.92. The normalized spacial score (nSPS) is 11.0. The highest BCUT2D eigenvalue weighted by Crippen LogP contribution is 2.19. The van der Waals surface area contributed by atoms with Crippen LogP contribution < -0.4 is 19.5 Å². The third-order valence-electron chi connectivity index (χ3n) is 4.56. The summed E-state index contributed by atoms with van der Waals surface area (Å²) in [6, 6.07) is 11.1. The van der Waals surface area contributed by atoms with Crippen molar-refractivity contribution >= 4 is 21.8 Å². The monoisotopic (exact) mass is 462 g/mol. The second kappa shape index (κ2) is 11.5. The predicted octanol–water partition coefficient (Wildman–Crippen LogP) is 2.33. The molecule has 0 aliphatic heterocycles. The first-order valence-corrected chi connectivity index (χ1v) is 11.9. The van der Waals surface area contributed by atoms with Crippen LogP contribution in [0.5, 0.6) is 11.5 Å². The molecule has 0 fully saturated rings. The van der Waals surface area contributed by atoms with Gasteiger partial charge in [0.15, 0.2) is 13.2 Å². The van der Waals surface area contributed by atoms with E-state index >= 15 is 0 Å². The number of benzene rings is 2. The highest BCUT2D eigenvalue weighted by molar-refractivity contribution is 7.90. The van der Waals surface area contributed by atoms with E-state index in [1.165, 1.54) is 0 Å². The number of carbonyl (C=O) groups is 2. The number of rotatable bonds is 11. The van der Waals surface area contributed by atoms with E-state index in [1.807, 2.05) is 56.7 Å². The Bertz CT molecular complexity index is 1070. The molecule has 2 N–H and O–H groups in total. The average Bonchev–Trinajstić information content (AvgIpc) is 2.69. The average molecular weight is 463 g/mol. The predicted molar refractivity (Wildman–Crippen MR) is 122 cm³/mol. The fourth-order valence-electron chi connectivity index (χ4n) is 3.00. The van der Waals surface area contributed by atoms with Gasteiger partial charge < -0.3 is 14.8 Å². The molecule has 0 aliphatic rings. The van der Waals surface area contributed by atoms with Crippen LogP contribution in [0.4, 0.5) is 0 Å². The van der Waals surface area contributed by atoms with Crippen molar-refractivity contribution < 1.29 is 27.5 Å². The minimum absolute atomic E-state index is 0.142. The first kappa shape index (κ1) is 25.2. The lowest BCUT2D eigenvalue weighted by atomic mass is 10.1. The van der Waals surface area contributed by atoms with Crippen molar-refractivity contribution in [2.45, 2.75) is 34.1 Å². The van der Waals surface area contributed by atoms with Crippen molar-refractivity contribution in [1.29, 1.82) is 0 Å². The SMILES string of the molecule is Cc1ccc(OCC(=O)NCCCS(=O)(=O)NC(=O)COc2ccc(C)cc2C)c(C)c1. The summed E-state index contributed by atoms with van der Waals surface area (Å²) < 4.78 is 37.0. The molecule has 2 aromatic carbocycles. The van der Waals surface area contributed by atoms with Crippen LogP contribution in [0.3, 0.4) is 0 Å². The van der Waals surface area contributed by atoms with E-state index < -0.39 is 22.5 Å². The molecule has 32 heavy (non-hydrogen) atoms. The van der Waals surface area contributed by atoms with Gasteiger partial charge in [0.05, 0.1) is 5.75 Å². The van der Waals surface area contributed by atoms with E-state index in [0.29, 0.717) is 11.5 Å². The molecule has 9 heteroatoms. The molecule has 2 aromatic rings. The Hall–Kier alpha value is -3.07. The standard InChI is InChI=1S/C23H30N2O6S/c1-16-6-8-20(18(3)12-16)30-14-22(26)24-10-5-11-32(28,29)25-23(27)15-31-21-9-7-17(2)13-19(21)4/h6-9,12-13H,5,10-11,14-15H2,1-4H3,(H,24,26)(H,25,27). The molecule has 2 rings (SSSR count). The molecule has 0 aromatic heterocycles. The van der Waals surface area contributed by atoms with E-state index in [9.17, 15) is 18.0 Å². The van der Waals surface area contributed by atoms with Gasteiger partial charge in [0.2, 0.25) is 10.0 Å². The lowest BCUT2D eigenvalue weighted by Gasteiger charge is -2.11. The number of hydrogen-bond donors (Lipinski definition) is 2. The summed E-state index contributed by atoms with van der Waals surface area (Å²) in [4.78, 5) is 23.8. The minimum atomic E-state index is -3.83. The molecule has 174 valence electrons. The van der Waals surface area contributed by atoms with Gasteiger partial charge in [-0.25, -0.2) is 8.42 Å². The molecule has 2 amide bonds. The van der Waals surface area contributed by atoms with Gasteiger partial charge in [0.25, 0.3) is 11.8 Å². The largest absolute Gasteiger partial charge is 0.484 e.